The molecule has 0 aromatic heterocycles. The van der Waals surface area contributed by atoms with E-state index in [9.17, 15) is 4.79 Å². The van der Waals surface area contributed by atoms with Gasteiger partial charge in [0.2, 0.25) is 0 Å². The maximum atomic E-state index is 11.6. The van der Waals surface area contributed by atoms with E-state index in [1.165, 1.54) is 4.90 Å². The number of thioether (sulfide) groups is 1. The first-order valence-electron chi connectivity index (χ1n) is 8.19. The van der Waals surface area contributed by atoms with Crippen LogP contribution < -0.4 is 15.4 Å². The van der Waals surface area contributed by atoms with Gasteiger partial charge in [0.25, 0.3) is 5.91 Å². The minimum absolute atomic E-state index is 0.0386. The van der Waals surface area contributed by atoms with Crippen molar-refractivity contribution in [1.29, 1.82) is 0 Å². The van der Waals surface area contributed by atoms with E-state index in [0.717, 1.165) is 18.1 Å². The van der Waals surface area contributed by atoms with Crippen LogP contribution in [0.2, 0.25) is 0 Å². The Morgan fingerprint density at radius 1 is 1.32 bits per heavy atom. The van der Waals surface area contributed by atoms with E-state index in [4.69, 9.17) is 4.74 Å². The summed E-state index contributed by atoms with van der Waals surface area (Å²) in [7, 11) is 5.18. The molecule has 0 heterocycles. The van der Waals surface area contributed by atoms with Crippen LogP contribution >= 0.6 is 11.8 Å². The fraction of sp³-hybridized carbons (Fsp3) is 0.556. The van der Waals surface area contributed by atoms with Gasteiger partial charge in [0.15, 0.2) is 12.6 Å². The molecule has 0 aliphatic rings. The Kier molecular flexibility index (Phi) is 8.61. The van der Waals surface area contributed by atoms with Crippen LogP contribution in [-0.2, 0) is 11.3 Å². The van der Waals surface area contributed by atoms with Gasteiger partial charge in [0.1, 0.15) is 5.75 Å². The Morgan fingerprint density at radius 2 is 2.04 bits per heavy atom. The Labute approximate surface area is 155 Å². The van der Waals surface area contributed by atoms with E-state index in [-0.39, 0.29) is 17.3 Å². The van der Waals surface area contributed by atoms with Crippen molar-refractivity contribution in [3.05, 3.63) is 29.8 Å². The van der Waals surface area contributed by atoms with Gasteiger partial charge in [0.05, 0.1) is 0 Å². The molecule has 1 aromatic carbocycles. The van der Waals surface area contributed by atoms with Crippen molar-refractivity contribution in [2.75, 3.05) is 40.6 Å². The van der Waals surface area contributed by atoms with Crippen molar-refractivity contribution >= 4 is 23.6 Å². The van der Waals surface area contributed by atoms with E-state index in [1.54, 1.807) is 21.1 Å². The molecule has 0 fully saturated rings. The zero-order valence-electron chi connectivity index (χ0n) is 16.0. The number of amides is 1. The number of hydrogen-bond acceptors (Lipinski definition) is 4. The average molecular weight is 367 g/mol. The molecule has 25 heavy (non-hydrogen) atoms. The predicted molar refractivity (Wildman–Crippen MR) is 106 cm³/mol. The number of rotatable bonds is 8. The predicted octanol–water partition coefficient (Wildman–Crippen LogP) is 1.96. The van der Waals surface area contributed by atoms with Crippen molar-refractivity contribution in [2.45, 2.75) is 25.1 Å². The molecule has 1 rings (SSSR count). The van der Waals surface area contributed by atoms with E-state index in [1.807, 2.05) is 36.0 Å². The highest BCUT2D eigenvalue weighted by atomic mass is 32.2. The second kappa shape index (κ2) is 10.2. The standard InChI is InChI=1S/C18H30N4O2S/c1-18(2,25-6)13-21-17(19-3)20-11-14-8-7-9-15(10-14)24-12-16(23)22(4)5/h7-10H,11-13H2,1-6H3,(H2,19,20,21). The molecule has 0 unspecified atom stereocenters. The molecule has 0 radical (unpaired) electrons. The molecular weight excluding hydrogens is 336 g/mol. The lowest BCUT2D eigenvalue weighted by molar-refractivity contribution is -0.130. The average Bonchev–Trinajstić information content (AvgIpc) is 2.60. The molecule has 1 aromatic rings. The summed E-state index contributed by atoms with van der Waals surface area (Å²) in [5.41, 5.74) is 1.06. The third-order valence-corrected chi connectivity index (χ3v) is 4.93. The van der Waals surface area contributed by atoms with E-state index in [0.29, 0.717) is 12.3 Å². The fourth-order valence-corrected chi connectivity index (χ4v) is 2.01. The number of carbonyl (C=O) groups is 1. The molecule has 0 atom stereocenters. The summed E-state index contributed by atoms with van der Waals surface area (Å²) in [6.07, 6.45) is 2.10. The van der Waals surface area contributed by atoms with E-state index < -0.39 is 0 Å². The summed E-state index contributed by atoms with van der Waals surface area (Å²) >= 11 is 1.81. The molecule has 2 N–H and O–H groups in total. The quantitative estimate of drug-likeness (QED) is 0.544. The first-order valence-corrected chi connectivity index (χ1v) is 9.41. The van der Waals surface area contributed by atoms with Gasteiger partial charge in [-0.1, -0.05) is 12.1 Å². The summed E-state index contributed by atoms with van der Waals surface area (Å²) in [5, 5.41) is 6.63. The molecule has 0 aliphatic carbocycles. The maximum absolute atomic E-state index is 11.6. The van der Waals surface area contributed by atoms with Crippen LogP contribution in [0.4, 0.5) is 0 Å². The highest BCUT2D eigenvalue weighted by molar-refractivity contribution is 7.99. The number of aliphatic imine (C=N–C) groups is 1. The molecule has 1 amide bonds. The summed E-state index contributed by atoms with van der Waals surface area (Å²) in [4.78, 5) is 17.4. The van der Waals surface area contributed by atoms with E-state index in [2.05, 4.69) is 35.7 Å². The number of likely N-dealkylation sites (N-methyl/N-ethyl adjacent to an activating group) is 1. The Bertz CT molecular complexity index is 588. The van der Waals surface area contributed by atoms with Crippen molar-refractivity contribution in [1.82, 2.24) is 15.5 Å². The Morgan fingerprint density at radius 3 is 2.64 bits per heavy atom. The van der Waals surface area contributed by atoms with Gasteiger partial charge in [-0.2, -0.15) is 11.8 Å². The van der Waals surface area contributed by atoms with Gasteiger partial charge >= 0.3 is 0 Å². The van der Waals surface area contributed by atoms with Crippen LogP contribution in [0, 0.1) is 0 Å². The minimum atomic E-state index is -0.0652. The molecular formula is C18H30N4O2S. The number of nitrogens with one attached hydrogen (secondary N) is 2. The minimum Gasteiger partial charge on any atom is -0.484 e. The number of hydrogen-bond donors (Lipinski definition) is 2. The van der Waals surface area contributed by atoms with Crippen molar-refractivity contribution in [3.63, 3.8) is 0 Å². The van der Waals surface area contributed by atoms with Crippen molar-refractivity contribution in [2.24, 2.45) is 4.99 Å². The summed E-state index contributed by atoms with van der Waals surface area (Å²) in [6.45, 7) is 5.86. The summed E-state index contributed by atoms with van der Waals surface area (Å²) in [6, 6.07) is 7.70. The van der Waals surface area contributed by atoms with Crippen LogP contribution in [0.25, 0.3) is 0 Å². The van der Waals surface area contributed by atoms with Gasteiger partial charge in [-0.25, -0.2) is 0 Å². The van der Waals surface area contributed by atoms with Crippen LogP contribution in [-0.4, -0.2) is 62.1 Å². The molecule has 140 valence electrons. The van der Waals surface area contributed by atoms with Crippen LogP contribution in [0.3, 0.4) is 0 Å². The Balaban J connectivity index is 2.53. The monoisotopic (exact) mass is 366 g/mol. The molecule has 0 saturated carbocycles. The highest BCUT2D eigenvalue weighted by Crippen LogP contribution is 2.19. The number of nitrogens with zero attached hydrogens (tertiary/aromatic N) is 2. The van der Waals surface area contributed by atoms with Gasteiger partial charge in [-0.3, -0.25) is 9.79 Å². The van der Waals surface area contributed by atoms with Crippen molar-refractivity contribution in [3.8, 4) is 5.75 Å². The van der Waals surface area contributed by atoms with Gasteiger partial charge in [0, 0.05) is 39.0 Å². The fourth-order valence-electron chi connectivity index (χ4n) is 1.79. The van der Waals surface area contributed by atoms with Gasteiger partial charge in [-0.15, -0.1) is 0 Å². The lowest BCUT2D eigenvalue weighted by Crippen LogP contribution is -2.42. The number of ether oxygens (including phenoxy) is 1. The molecule has 0 aliphatic heterocycles. The molecule has 0 saturated heterocycles. The SMILES string of the molecule is CN=C(NCc1cccc(OCC(=O)N(C)C)c1)NCC(C)(C)SC. The summed E-state index contributed by atoms with van der Waals surface area (Å²) in [5.74, 6) is 1.38. The topological polar surface area (TPSA) is 66.0 Å². The van der Waals surface area contributed by atoms with Gasteiger partial charge < -0.3 is 20.3 Å². The lowest BCUT2D eigenvalue weighted by atomic mass is 10.2. The number of carbonyl (C=O) groups excluding carboxylic acids is 1. The smallest absolute Gasteiger partial charge is 0.259 e. The largest absolute Gasteiger partial charge is 0.484 e. The second-order valence-electron chi connectivity index (χ2n) is 6.47. The normalized spacial score (nSPS) is 11.8. The second-order valence-corrected chi connectivity index (χ2v) is 7.98. The first kappa shape index (κ1) is 21.2. The van der Waals surface area contributed by atoms with Crippen molar-refractivity contribution < 1.29 is 9.53 Å². The zero-order chi connectivity index (χ0) is 18.9. The lowest BCUT2D eigenvalue weighted by Gasteiger charge is -2.23. The highest BCUT2D eigenvalue weighted by Gasteiger charge is 2.16. The van der Waals surface area contributed by atoms with Crippen LogP contribution in [0.5, 0.6) is 5.75 Å². The molecule has 6 nitrogen and oxygen atoms in total. The Hall–Kier alpha value is -1.89. The van der Waals surface area contributed by atoms with Crippen LogP contribution in [0.1, 0.15) is 19.4 Å². The van der Waals surface area contributed by atoms with Gasteiger partial charge in [-0.05, 0) is 37.8 Å². The van der Waals surface area contributed by atoms with Crippen LogP contribution in [0.15, 0.2) is 29.3 Å². The molecule has 0 spiro atoms. The zero-order valence-corrected chi connectivity index (χ0v) is 16.9. The first-order chi connectivity index (χ1) is 11.8. The number of guanidine groups is 1. The molecule has 0 bridgehead atoms. The maximum Gasteiger partial charge on any atom is 0.259 e. The third kappa shape index (κ3) is 8.16. The summed E-state index contributed by atoms with van der Waals surface area (Å²) < 4.78 is 5.69. The van der Waals surface area contributed by atoms with E-state index >= 15 is 0 Å². The third-order valence-electron chi connectivity index (χ3n) is 3.68. The molecule has 7 heteroatoms. The number of benzene rings is 1.